The van der Waals surface area contributed by atoms with Gasteiger partial charge in [0, 0.05) is 18.0 Å². The fourth-order valence-corrected chi connectivity index (χ4v) is 2.45. The summed E-state index contributed by atoms with van der Waals surface area (Å²) in [7, 11) is 1.39. The average molecular weight is 320 g/mol. The van der Waals surface area contributed by atoms with E-state index < -0.39 is 0 Å². The summed E-state index contributed by atoms with van der Waals surface area (Å²) < 4.78 is 10.6. The van der Waals surface area contributed by atoms with Gasteiger partial charge in [-0.1, -0.05) is 18.5 Å². The lowest BCUT2D eigenvalue weighted by Crippen LogP contribution is -2.31. The summed E-state index contributed by atoms with van der Waals surface area (Å²) in [6.45, 7) is 2.69. The van der Waals surface area contributed by atoms with E-state index in [0.717, 1.165) is 22.8 Å². The number of benzene rings is 1. The van der Waals surface area contributed by atoms with Gasteiger partial charge in [0.25, 0.3) is 0 Å². The van der Waals surface area contributed by atoms with Crippen LogP contribution in [0.3, 0.4) is 0 Å². The van der Waals surface area contributed by atoms with Crippen molar-refractivity contribution in [2.75, 3.05) is 13.7 Å². The third-order valence-corrected chi connectivity index (χ3v) is 3.65. The number of hydrogen-bond donors (Lipinski definition) is 1. The van der Waals surface area contributed by atoms with Gasteiger partial charge in [0.2, 0.25) is 0 Å². The monoisotopic (exact) mass is 319 g/mol. The van der Waals surface area contributed by atoms with E-state index >= 15 is 0 Å². The molecule has 6 heteroatoms. The van der Waals surface area contributed by atoms with Gasteiger partial charge in [-0.2, -0.15) is 0 Å². The first-order chi connectivity index (χ1) is 9.13. The summed E-state index contributed by atoms with van der Waals surface area (Å²) in [5, 5.41) is 3.85. The molecule has 1 saturated heterocycles. The van der Waals surface area contributed by atoms with E-state index in [9.17, 15) is 4.79 Å². The lowest BCUT2D eigenvalue weighted by atomic mass is 10.1. The van der Waals surface area contributed by atoms with Crippen LogP contribution in [0.2, 0.25) is 5.02 Å². The highest BCUT2D eigenvalue weighted by Crippen LogP contribution is 2.24. The van der Waals surface area contributed by atoms with E-state index in [0.29, 0.717) is 13.0 Å². The van der Waals surface area contributed by atoms with Crippen LogP contribution in [0.4, 0.5) is 0 Å². The molecule has 0 spiro atoms. The molecular formula is C14H19Cl2NO3. The summed E-state index contributed by atoms with van der Waals surface area (Å²) in [5.41, 5.74) is 1.06. The van der Waals surface area contributed by atoms with Crippen LogP contribution in [0, 0.1) is 0 Å². The van der Waals surface area contributed by atoms with Gasteiger partial charge in [-0.25, -0.2) is 0 Å². The van der Waals surface area contributed by atoms with Gasteiger partial charge in [-0.3, -0.25) is 4.79 Å². The fourth-order valence-electron chi connectivity index (χ4n) is 2.20. The Morgan fingerprint density at radius 1 is 1.50 bits per heavy atom. The molecule has 2 unspecified atom stereocenters. The Morgan fingerprint density at radius 2 is 2.25 bits per heavy atom. The van der Waals surface area contributed by atoms with Crippen molar-refractivity contribution in [3.63, 3.8) is 0 Å². The van der Waals surface area contributed by atoms with Gasteiger partial charge in [-0.05, 0) is 30.2 Å². The molecule has 1 fully saturated rings. The van der Waals surface area contributed by atoms with Crippen LogP contribution in [-0.2, 0) is 16.0 Å². The van der Waals surface area contributed by atoms with Crippen LogP contribution >= 0.6 is 24.0 Å². The third-order valence-electron chi connectivity index (χ3n) is 3.28. The number of hydrogen-bond acceptors (Lipinski definition) is 4. The normalized spacial score (nSPS) is 21.1. The molecule has 0 amide bonds. The fraction of sp³-hybridized carbons (Fsp3) is 0.500. The summed E-state index contributed by atoms with van der Waals surface area (Å²) in [4.78, 5) is 11.4. The zero-order valence-corrected chi connectivity index (χ0v) is 13.1. The van der Waals surface area contributed by atoms with Gasteiger partial charge in [0.05, 0.1) is 7.11 Å². The molecule has 1 aromatic rings. The topological polar surface area (TPSA) is 47.6 Å². The first-order valence-corrected chi connectivity index (χ1v) is 6.78. The third kappa shape index (κ3) is 4.01. The van der Waals surface area contributed by atoms with E-state index in [1.54, 1.807) is 0 Å². The molecule has 1 heterocycles. The smallest absolute Gasteiger partial charge is 0.323 e. The Bertz CT molecular complexity index is 468. The SMILES string of the molecule is CCc1cc(OC2CNC(C(=O)OC)C2)ccc1Cl.Cl. The van der Waals surface area contributed by atoms with Crippen molar-refractivity contribution in [2.24, 2.45) is 0 Å². The van der Waals surface area contributed by atoms with Crippen LogP contribution in [-0.4, -0.2) is 31.8 Å². The number of aryl methyl sites for hydroxylation is 1. The number of nitrogens with one attached hydrogen (secondary N) is 1. The summed E-state index contributed by atoms with van der Waals surface area (Å²) in [5.74, 6) is 0.551. The molecule has 2 atom stereocenters. The van der Waals surface area contributed by atoms with Crippen molar-refractivity contribution in [3.05, 3.63) is 28.8 Å². The highest BCUT2D eigenvalue weighted by molar-refractivity contribution is 6.31. The molecule has 1 aromatic carbocycles. The second-order valence-electron chi connectivity index (χ2n) is 4.57. The van der Waals surface area contributed by atoms with Crippen LogP contribution in [0.1, 0.15) is 18.9 Å². The van der Waals surface area contributed by atoms with Crippen molar-refractivity contribution < 1.29 is 14.3 Å². The molecule has 1 N–H and O–H groups in total. The largest absolute Gasteiger partial charge is 0.489 e. The van der Waals surface area contributed by atoms with E-state index in [2.05, 4.69) is 12.2 Å². The standard InChI is InChI=1S/C14H18ClNO3.ClH/c1-3-9-6-10(4-5-12(9)15)19-11-7-13(16-8-11)14(17)18-2;/h4-6,11,13,16H,3,7-8H2,1-2H3;1H. The molecule has 1 aliphatic rings. The molecule has 1 aliphatic heterocycles. The van der Waals surface area contributed by atoms with Crippen molar-refractivity contribution in [3.8, 4) is 5.75 Å². The van der Waals surface area contributed by atoms with Crippen LogP contribution in [0.15, 0.2) is 18.2 Å². The van der Waals surface area contributed by atoms with E-state index in [1.165, 1.54) is 7.11 Å². The Morgan fingerprint density at radius 3 is 2.90 bits per heavy atom. The second kappa shape index (κ2) is 7.72. The van der Waals surface area contributed by atoms with Crippen LogP contribution in [0.25, 0.3) is 0 Å². The maximum atomic E-state index is 11.4. The van der Waals surface area contributed by atoms with Crippen molar-refractivity contribution in [1.29, 1.82) is 0 Å². The molecule has 0 aliphatic carbocycles. The van der Waals surface area contributed by atoms with Crippen molar-refractivity contribution in [1.82, 2.24) is 5.32 Å². The van der Waals surface area contributed by atoms with Crippen molar-refractivity contribution >= 4 is 30.0 Å². The molecule has 0 saturated carbocycles. The minimum atomic E-state index is -0.270. The van der Waals surface area contributed by atoms with E-state index in [4.69, 9.17) is 21.1 Å². The number of carbonyl (C=O) groups excluding carboxylic acids is 1. The Labute approximate surface area is 130 Å². The van der Waals surface area contributed by atoms with Crippen molar-refractivity contribution in [2.45, 2.75) is 31.9 Å². The predicted molar refractivity (Wildman–Crippen MR) is 80.9 cm³/mol. The summed E-state index contributed by atoms with van der Waals surface area (Å²) in [6, 6.07) is 5.38. The summed E-state index contributed by atoms with van der Waals surface area (Å²) in [6.07, 6.45) is 1.47. The van der Waals surface area contributed by atoms with Gasteiger partial charge < -0.3 is 14.8 Å². The predicted octanol–water partition coefficient (Wildman–Crippen LogP) is 2.61. The van der Waals surface area contributed by atoms with E-state index in [-0.39, 0.29) is 30.5 Å². The molecule has 0 bridgehead atoms. The van der Waals surface area contributed by atoms with Crippen LogP contribution < -0.4 is 10.1 Å². The Kier molecular flexibility index (Phi) is 6.59. The maximum Gasteiger partial charge on any atom is 0.323 e. The number of ether oxygens (including phenoxy) is 2. The zero-order valence-electron chi connectivity index (χ0n) is 11.5. The number of rotatable bonds is 4. The van der Waals surface area contributed by atoms with Gasteiger partial charge in [-0.15, -0.1) is 12.4 Å². The quantitative estimate of drug-likeness (QED) is 0.867. The number of carbonyl (C=O) groups is 1. The van der Waals surface area contributed by atoms with E-state index in [1.807, 2.05) is 18.2 Å². The lowest BCUT2D eigenvalue weighted by Gasteiger charge is -2.14. The number of esters is 1. The Balaban J connectivity index is 0.00000200. The highest BCUT2D eigenvalue weighted by atomic mass is 35.5. The van der Waals surface area contributed by atoms with Gasteiger partial charge in [0.1, 0.15) is 17.9 Å². The molecule has 4 nitrogen and oxygen atoms in total. The number of halogens is 2. The molecule has 112 valence electrons. The molecule has 20 heavy (non-hydrogen) atoms. The number of methoxy groups -OCH3 is 1. The molecular weight excluding hydrogens is 301 g/mol. The highest BCUT2D eigenvalue weighted by Gasteiger charge is 2.31. The second-order valence-corrected chi connectivity index (χ2v) is 4.97. The average Bonchev–Trinajstić information content (AvgIpc) is 2.88. The molecule has 0 radical (unpaired) electrons. The lowest BCUT2D eigenvalue weighted by molar-refractivity contribution is -0.142. The zero-order chi connectivity index (χ0) is 13.8. The minimum absolute atomic E-state index is 0. The Hall–Kier alpha value is -0.970. The first-order valence-electron chi connectivity index (χ1n) is 6.40. The minimum Gasteiger partial charge on any atom is -0.489 e. The maximum absolute atomic E-state index is 11.4. The van der Waals surface area contributed by atoms with Gasteiger partial charge in [0.15, 0.2) is 0 Å². The first kappa shape index (κ1) is 17.1. The van der Waals surface area contributed by atoms with Crippen LogP contribution in [0.5, 0.6) is 5.75 Å². The van der Waals surface area contributed by atoms with Gasteiger partial charge >= 0.3 is 5.97 Å². The molecule has 2 rings (SSSR count). The summed E-state index contributed by atoms with van der Waals surface area (Å²) >= 11 is 6.07. The molecule has 0 aromatic heterocycles.